The van der Waals surface area contributed by atoms with Crippen LogP contribution in [0.15, 0.2) is 23.2 Å². The van der Waals surface area contributed by atoms with Gasteiger partial charge in [-0.2, -0.15) is 0 Å². The molecule has 32 heavy (non-hydrogen) atoms. The molecule has 1 rings (SSSR count). The lowest BCUT2D eigenvalue weighted by Crippen LogP contribution is -2.42. The number of hydrogen-bond donors (Lipinski definition) is 3. The maximum absolute atomic E-state index is 12.6. The number of carbonyl (C=O) groups excluding carboxylic acids is 2. The lowest BCUT2D eigenvalue weighted by Gasteiger charge is -2.24. The second-order valence-corrected chi connectivity index (χ2v) is 8.90. The van der Waals surface area contributed by atoms with Gasteiger partial charge in [-0.05, 0) is 25.8 Å². The Labute approximate surface area is 197 Å². The van der Waals surface area contributed by atoms with E-state index in [9.17, 15) is 9.59 Å². The van der Waals surface area contributed by atoms with Crippen molar-refractivity contribution in [2.45, 2.75) is 57.9 Å². The molecule has 0 aliphatic heterocycles. The van der Waals surface area contributed by atoms with Crippen molar-refractivity contribution in [2.24, 2.45) is 5.92 Å². The normalized spacial score (nSPS) is 12.4. The number of rotatable bonds is 17. The van der Waals surface area contributed by atoms with Crippen LogP contribution >= 0.6 is 11.3 Å². The number of unbranched alkanes of at least 4 members (excludes halogenated alkanes) is 2. The van der Waals surface area contributed by atoms with Crippen LogP contribution < -0.4 is 16.0 Å². The summed E-state index contributed by atoms with van der Waals surface area (Å²) in [6.45, 7) is 8.48. The minimum atomic E-state index is -0.282. The molecule has 0 aromatic carbocycles. The highest BCUT2D eigenvalue weighted by atomic mass is 32.1. The van der Waals surface area contributed by atoms with Crippen LogP contribution in [0.2, 0.25) is 0 Å². The summed E-state index contributed by atoms with van der Waals surface area (Å²) >= 11 is 1.52. The Morgan fingerprint density at radius 3 is 2.78 bits per heavy atom. The summed E-state index contributed by atoms with van der Waals surface area (Å²) < 4.78 is 0. The molecule has 0 radical (unpaired) electrons. The molecule has 3 N–H and O–H groups in total. The van der Waals surface area contributed by atoms with Crippen LogP contribution in [0.5, 0.6) is 0 Å². The van der Waals surface area contributed by atoms with Crippen molar-refractivity contribution in [1.29, 1.82) is 0 Å². The molecular weight excluding hydrogens is 422 g/mol. The third-order valence-electron chi connectivity index (χ3n) is 5.29. The minimum Gasteiger partial charge on any atom is -0.387 e. The van der Waals surface area contributed by atoms with E-state index in [0.717, 1.165) is 50.2 Å². The predicted octanol–water partition coefficient (Wildman–Crippen LogP) is 2.56. The lowest BCUT2D eigenvalue weighted by molar-refractivity contribution is -0.132. The Kier molecular flexibility index (Phi) is 14.1. The molecule has 0 saturated carbocycles. The van der Waals surface area contributed by atoms with Crippen molar-refractivity contribution in [2.75, 3.05) is 33.7 Å². The van der Waals surface area contributed by atoms with E-state index in [2.05, 4.69) is 40.4 Å². The number of thiazole rings is 1. The molecule has 0 spiro atoms. The summed E-state index contributed by atoms with van der Waals surface area (Å²) in [5, 5.41) is 11.4. The molecule has 7 nitrogen and oxygen atoms in total. The van der Waals surface area contributed by atoms with Crippen LogP contribution in [0.4, 0.5) is 0 Å². The number of likely N-dealkylation sites (N-methyl/N-ethyl adjacent to an activating group) is 2. The average molecular weight is 462 g/mol. The highest BCUT2D eigenvalue weighted by Gasteiger charge is 2.19. The van der Waals surface area contributed by atoms with E-state index in [0.29, 0.717) is 18.9 Å². The van der Waals surface area contributed by atoms with Gasteiger partial charge in [-0.15, -0.1) is 23.7 Å². The lowest BCUT2D eigenvalue weighted by atomic mass is 10.0. The van der Waals surface area contributed by atoms with Crippen LogP contribution in [-0.4, -0.2) is 61.5 Å². The number of nitrogens with zero attached hydrogens (tertiary/aromatic N) is 2. The van der Waals surface area contributed by atoms with Gasteiger partial charge in [0, 0.05) is 63.4 Å². The van der Waals surface area contributed by atoms with Crippen molar-refractivity contribution in [3.8, 4) is 12.3 Å². The van der Waals surface area contributed by atoms with E-state index in [4.69, 9.17) is 6.42 Å². The van der Waals surface area contributed by atoms with Crippen LogP contribution in [0, 0.1) is 18.3 Å². The Balaban J connectivity index is 2.54. The van der Waals surface area contributed by atoms with Gasteiger partial charge in [-0.1, -0.05) is 19.9 Å². The zero-order chi connectivity index (χ0) is 23.8. The molecule has 0 aliphatic carbocycles. The number of aromatic nitrogens is 1. The molecule has 1 heterocycles. The molecule has 8 heteroatoms. The summed E-state index contributed by atoms with van der Waals surface area (Å²) in [6.07, 6.45) is 10.3. The summed E-state index contributed by atoms with van der Waals surface area (Å²) in [4.78, 5) is 30.8. The monoisotopic (exact) mass is 461 g/mol. The molecule has 2 amide bonds. The molecule has 178 valence electrons. The van der Waals surface area contributed by atoms with Gasteiger partial charge >= 0.3 is 0 Å². The van der Waals surface area contributed by atoms with Gasteiger partial charge in [0.1, 0.15) is 0 Å². The Bertz CT molecular complexity index is 729. The van der Waals surface area contributed by atoms with E-state index < -0.39 is 0 Å². The third-order valence-corrected chi connectivity index (χ3v) is 5.92. The van der Waals surface area contributed by atoms with Crippen molar-refractivity contribution in [3.05, 3.63) is 28.9 Å². The van der Waals surface area contributed by atoms with E-state index in [1.54, 1.807) is 17.5 Å². The first-order chi connectivity index (χ1) is 15.4. The van der Waals surface area contributed by atoms with Gasteiger partial charge in [0.15, 0.2) is 0 Å². The van der Waals surface area contributed by atoms with Gasteiger partial charge in [0.25, 0.3) is 0 Å². The fraction of sp³-hybridized carbons (Fsp3) is 0.625. The number of nitrogens with one attached hydrogen (secondary N) is 3. The Morgan fingerprint density at radius 1 is 1.34 bits per heavy atom. The largest absolute Gasteiger partial charge is 0.387 e. The first kappa shape index (κ1) is 27.7. The average Bonchev–Trinajstić information content (AvgIpc) is 3.29. The molecule has 1 aromatic heterocycles. The molecule has 0 bridgehead atoms. The molecule has 0 aliphatic rings. The topological polar surface area (TPSA) is 86.4 Å². The SMILES string of the molecule is C#CCCCCC(C)CNC(=C)[C@H](Cc1cscn1)NC(=O)CCC(=O)N(C)CCNC. The number of hydrogen-bond acceptors (Lipinski definition) is 6. The van der Waals surface area contributed by atoms with E-state index in [1.807, 2.05) is 12.4 Å². The van der Waals surface area contributed by atoms with Crippen molar-refractivity contribution in [1.82, 2.24) is 25.8 Å². The van der Waals surface area contributed by atoms with Gasteiger partial charge in [-0.25, -0.2) is 4.98 Å². The zero-order valence-corrected chi connectivity index (χ0v) is 20.6. The second-order valence-electron chi connectivity index (χ2n) is 8.18. The van der Waals surface area contributed by atoms with Crippen LogP contribution in [0.3, 0.4) is 0 Å². The molecular formula is C24H39N5O2S. The van der Waals surface area contributed by atoms with Crippen molar-refractivity contribution in [3.63, 3.8) is 0 Å². The first-order valence-corrected chi connectivity index (χ1v) is 12.2. The maximum atomic E-state index is 12.6. The highest BCUT2D eigenvalue weighted by Crippen LogP contribution is 2.12. The summed E-state index contributed by atoms with van der Waals surface area (Å²) in [5.74, 6) is 2.95. The predicted molar refractivity (Wildman–Crippen MR) is 132 cm³/mol. The molecule has 1 unspecified atom stereocenters. The molecule has 0 saturated heterocycles. The van der Waals surface area contributed by atoms with E-state index >= 15 is 0 Å². The van der Waals surface area contributed by atoms with Crippen LogP contribution in [0.25, 0.3) is 0 Å². The third kappa shape index (κ3) is 11.9. The van der Waals surface area contributed by atoms with Gasteiger partial charge in [0.05, 0.1) is 17.2 Å². The van der Waals surface area contributed by atoms with Crippen LogP contribution in [-0.2, 0) is 16.0 Å². The van der Waals surface area contributed by atoms with Gasteiger partial charge in [-0.3, -0.25) is 9.59 Å². The van der Waals surface area contributed by atoms with Crippen molar-refractivity contribution >= 4 is 23.2 Å². The summed E-state index contributed by atoms with van der Waals surface area (Å²) in [5.41, 5.74) is 3.45. The fourth-order valence-corrected chi connectivity index (χ4v) is 3.71. The smallest absolute Gasteiger partial charge is 0.222 e. The molecule has 1 aromatic rings. The van der Waals surface area contributed by atoms with E-state index in [1.165, 1.54) is 11.3 Å². The fourth-order valence-electron chi connectivity index (χ4n) is 3.14. The summed E-state index contributed by atoms with van der Waals surface area (Å²) in [6, 6.07) is -0.282. The number of amides is 2. The highest BCUT2D eigenvalue weighted by molar-refractivity contribution is 7.07. The number of terminal acetylenes is 1. The maximum Gasteiger partial charge on any atom is 0.222 e. The Morgan fingerprint density at radius 2 is 2.12 bits per heavy atom. The second kappa shape index (κ2) is 16.3. The van der Waals surface area contributed by atoms with E-state index in [-0.39, 0.29) is 30.7 Å². The van der Waals surface area contributed by atoms with Gasteiger partial charge < -0.3 is 20.9 Å². The van der Waals surface area contributed by atoms with Crippen LogP contribution in [0.1, 0.15) is 51.1 Å². The first-order valence-electron chi connectivity index (χ1n) is 11.3. The molecule has 2 atom stereocenters. The summed E-state index contributed by atoms with van der Waals surface area (Å²) in [7, 11) is 3.59. The number of carbonyl (C=O) groups is 2. The zero-order valence-electron chi connectivity index (χ0n) is 19.8. The molecule has 0 fully saturated rings. The van der Waals surface area contributed by atoms with Gasteiger partial charge in [0.2, 0.25) is 11.8 Å². The minimum absolute atomic E-state index is 0.0398. The quantitative estimate of drug-likeness (QED) is 0.245. The van der Waals surface area contributed by atoms with Crippen molar-refractivity contribution < 1.29 is 9.59 Å². The Hall–Kier alpha value is -2.37. The standard InChI is InChI=1S/C24H39N5O2S/c1-6-7-8-9-10-19(2)16-26-20(3)22(15-21-17-32-18-27-21)28-23(30)11-12-24(31)29(5)14-13-25-4/h1,17-19,22,25-26H,3,7-16H2,2,4-5H3,(H,28,30)/t19?,22-/m0/s1.